The number of aliphatic imine (C=N–C) groups is 1. The van der Waals surface area contributed by atoms with Gasteiger partial charge in [0, 0.05) is 6.20 Å². The van der Waals surface area contributed by atoms with E-state index in [1.807, 2.05) is 0 Å². The predicted molar refractivity (Wildman–Crippen MR) is 40.8 cm³/mol. The molecular formula is C7H4N4O. The number of isocyanates is 1. The zero-order valence-corrected chi connectivity index (χ0v) is 6.01. The Labute approximate surface area is 67.4 Å². The van der Waals surface area contributed by atoms with Gasteiger partial charge in [0.1, 0.15) is 12.0 Å². The number of carbonyl (C=O) groups excluding carboxylic acids is 1. The van der Waals surface area contributed by atoms with Gasteiger partial charge in [-0.25, -0.2) is 14.3 Å². The van der Waals surface area contributed by atoms with Crippen LogP contribution in [-0.2, 0) is 4.79 Å². The Bertz CT molecular complexity index is 455. The molecule has 0 bridgehead atoms. The number of pyridine rings is 1. The lowest BCUT2D eigenvalue weighted by molar-refractivity contribution is 0.565. The third kappa shape index (κ3) is 0.889. The molecule has 0 radical (unpaired) electrons. The zero-order valence-electron chi connectivity index (χ0n) is 6.01. The minimum absolute atomic E-state index is 0.477. The van der Waals surface area contributed by atoms with Crippen LogP contribution in [0.5, 0.6) is 0 Å². The van der Waals surface area contributed by atoms with E-state index in [2.05, 4.69) is 15.1 Å². The van der Waals surface area contributed by atoms with Crippen molar-refractivity contribution in [3.63, 3.8) is 0 Å². The number of hydrogen-bond donors (Lipinski definition) is 0. The summed E-state index contributed by atoms with van der Waals surface area (Å²) in [4.78, 5) is 17.4. The van der Waals surface area contributed by atoms with Crippen LogP contribution < -0.4 is 0 Å². The molecule has 0 spiro atoms. The molecule has 0 aliphatic heterocycles. The molecule has 2 aromatic rings. The van der Waals surface area contributed by atoms with Gasteiger partial charge in [0.05, 0.1) is 0 Å². The molecule has 0 aliphatic carbocycles. The van der Waals surface area contributed by atoms with Crippen LogP contribution in [0.15, 0.2) is 29.6 Å². The van der Waals surface area contributed by atoms with E-state index in [-0.39, 0.29) is 0 Å². The van der Waals surface area contributed by atoms with E-state index in [0.717, 1.165) is 0 Å². The molecule has 0 N–H and O–H groups in total. The van der Waals surface area contributed by atoms with Crippen LogP contribution in [0.3, 0.4) is 0 Å². The van der Waals surface area contributed by atoms with Gasteiger partial charge in [0.15, 0.2) is 5.65 Å². The van der Waals surface area contributed by atoms with Crippen LogP contribution in [0.2, 0.25) is 0 Å². The standard InChI is InChI=1S/C7H4N4O/c12-5-9-6-2-1-3-11-7(6)8-4-10-11/h1-4H. The first-order chi connectivity index (χ1) is 5.92. The van der Waals surface area contributed by atoms with Gasteiger partial charge in [-0.05, 0) is 12.1 Å². The fourth-order valence-corrected chi connectivity index (χ4v) is 0.969. The summed E-state index contributed by atoms with van der Waals surface area (Å²) in [6.07, 6.45) is 4.59. The largest absolute Gasteiger partial charge is 0.240 e. The molecule has 12 heavy (non-hydrogen) atoms. The van der Waals surface area contributed by atoms with E-state index in [0.29, 0.717) is 11.3 Å². The smallest absolute Gasteiger partial charge is 0.219 e. The quantitative estimate of drug-likeness (QED) is 0.455. The van der Waals surface area contributed by atoms with Crippen molar-refractivity contribution in [3.8, 4) is 0 Å². The summed E-state index contributed by atoms with van der Waals surface area (Å²) in [5.41, 5.74) is 1.03. The van der Waals surface area contributed by atoms with Crippen LogP contribution >= 0.6 is 0 Å². The maximum Gasteiger partial charge on any atom is 0.240 e. The highest BCUT2D eigenvalue weighted by Gasteiger charge is 1.99. The summed E-state index contributed by atoms with van der Waals surface area (Å²) in [7, 11) is 0. The Morgan fingerprint density at radius 2 is 2.50 bits per heavy atom. The predicted octanol–water partition coefficient (Wildman–Crippen LogP) is 0.697. The highest BCUT2D eigenvalue weighted by molar-refractivity contribution is 5.66. The van der Waals surface area contributed by atoms with E-state index in [1.165, 1.54) is 16.9 Å². The van der Waals surface area contributed by atoms with E-state index < -0.39 is 0 Å². The molecule has 0 amide bonds. The van der Waals surface area contributed by atoms with Gasteiger partial charge in [-0.2, -0.15) is 10.1 Å². The molecule has 0 saturated heterocycles. The van der Waals surface area contributed by atoms with E-state index >= 15 is 0 Å². The van der Waals surface area contributed by atoms with Crippen molar-refractivity contribution in [1.29, 1.82) is 0 Å². The molecule has 5 nitrogen and oxygen atoms in total. The van der Waals surface area contributed by atoms with Crippen molar-refractivity contribution in [2.24, 2.45) is 4.99 Å². The Balaban J connectivity index is 2.81. The minimum atomic E-state index is 0.477. The molecule has 0 aliphatic rings. The second-order valence-electron chi connectivity index (χ2n) is 2.12. The summed E-state index contributed by atoms with van der Waals surface area (Å²) in [6.45, 7) is 0. The van der Waals surface area contributed by atoms with E-state index in [1.54, 1.807) is 18.3 Å². The molecule has 0 aromatic carbocycles. The summed E-state index contributed by atoms with van der Waals surface area (Å²) in [5, 5.41) is 3.88. The number of rotatable bonds is 1. The minimum Gasteiger partial charge on any atom is -0.219 e. The normalized spacial score (nSPS) is 9.67. The van der Waals surface area contributed by atoms with E-state index in [9.17, 15) is 4.79 Å². The number of nitrogens with zero attached hydrogens (tertiary/aromatic N) is 4. The van der Waals surface area contributed by atoms with Crippen LogP contribution in [-0.4, -0.2) is 20.7 Å². The van der Waals surface area contributed by atoms with E-state index in [4.69, 9.17) is 0 Å². The molecular weight excluding hydrogens is 156 g/mol. The fraction of sp³-hybridized carbons (Fsp3) is 0. The summed E-state index contributed by atoms with van der Waals surface area (Å²) < 4.78 is 1.54. The first-order valence-electron chi connectivity index (χ1n) is 3.28. The molecule has 58 valence electrons. The van der Waals surface area contributed by atoms with Gasteiger partial charge in [-0.3, -0.25) is 0 Å². The molecule has 2 aromatic heterocycles. The van der Waals surface area contributed by atoms with Crippen molar-refractivity contribution >= 4 is 17.4 Å². The summed E-state index contributed by atoms with van der Waals surface area (Å²) in [6, 6.07) is 3.41. The Kier molecular flexibility index (Phi) is 1.43. The average Bonchev–Trinajstić information content (AvgIpc) is 2.53. The first-order valence-corrected chi connectivity index (χ1v) is 3.28. The summed E-state index contributed by atoms with van der Waals surface area (Å²) in [5.74, 6) is 0. The average molecular weight is 160 g/mol. The molecule has 2 heterocycles. The lowest BCUT2D eigenvalue weighted by atomic mass is 10.4. The number of aromatic nitrogens is 3. The van der Waals surface area contributed by atoms with Crippen molar-refractivity contribution in [2.45, 2.75) is 0 Å². The van der Waals surface area contributed by atoms with Crippen LogP contribution in [0.1, 0.15) is 0 Å². The Morgan fingerprint density at radius 1 is 1.58 bits per heavy atom. The zero-order chi connectivity index (χ0) is 8.39. The van der Waals surface area contributed by atoms with Gasteiger partial charge >= 0.3 is 0 Å². The van der Waals surface area contributed by atoms with Gasteiger partial charge in [0.2, 0.25) is 6.08 Å². The molecule has 0 atom stereocenters. The maximum absolute atomic E-state index is 9.99. The molecule has 0 unspecified atom stereocenters. The maximum atomic E-state index is 9.99. The van der Waals surface area contributed by atoms with Crippen molar-refractivity contribution in [1.82, 2.24) is 14.6 Å². The van der Waals surface area contributed by atoms with Crippen LogP contribution in [0.4, 0.5) is 5.69 Å². The van der Waals surface area contributed by atoms with Crippen molar-refractivity contribution < 1.29 is 4.79 Å². The Morgan fingerprint density at radius 3 is 3.33 bits per heavy atom. The van der Waals surface area contributed by atoms with Crippen LogP contribution in [0.25, 0.3) is 5.65 Å². The lowest BCUT2D eigenvalue weighted by Crippen LogP contribution is -1.84. The van der Waals surface area contributed by atoms with Crippen molar-refractivity contribution in [3.05, 3.63) is 24.7 Å². The summed E-state index contributed by atoms with van der Waals surface area (Å²) >= 11 is 0. The molecule has 0 fully saturated rings. The number of hydrogen-bond acceptors (Lipinski definition) is 4. The van der Waals surface area contributed by atoms with Gasteiger partial charge < -0.3 is 0 Å². The van der Waals surface area contributed by atoms with Gasteiger partial charge in [-0.1, -0.05) is 0 Å². The third-order valence-electron chi connectivity index (χ3n) is 1.45. The molecule has 0 saturated carbocycles. The first kappa shape index (κ1) is 6.69. The van der Waals surface area contributed by atoms with Crippen molar-refractivity contribution in [2.75, 3.05) is 0 Å². The lowest BCUT2D eigenvalue weighted by Gasteiger charge is -1.91. The van der Waals surface area contributed by atoms with Gasteiger partial charge in [-0.15, -0.1) is 0 Å². The van der Waals surface area contributed by atoms with Crippen LogP contribution in [0, 0.1) is 0 Å². The Hall–Kier alpha value is -2.00. The second kappa shape index (κ2) is 2.56. The third-order valence-corrected chi connectivity index (χ3v) is 1.45. The second-order valence-corrected chi connectivity index (χ2v) is 2.12. The topological polar surface area (TPSA) is 59.6 Å². The highest BCUT2D eigenvalue weighted by Crippen LogP contribution is 2.15. The SMILES string of the molecule is O=C=Nc1cccn2ncnc12. The molecule has 5 heteroatoms. The highest BCUT2D eigenvalue weighted by atomic mass is 16.1. The fourth-order valence-electron chi connectivity index (χ4n) is 0.969. The number of fused-ring (bicyclic) bond motifs is 1. The van der Waals surface area contributed by atoms with Gasteiger partial charge in [0.25, 0.3) is 0 Å². The molecule has 2 rings (SSSR count). The monoisotopic (exact) mass is 160 g/mol.